The van der Waals surface area contributed by atoms with Gasteiger partial charge in [0.05, 0.1) is 10.6 Å². The maximum absolute atomic E-state index is 13.2. The number of halogens is 2. The van der Waals surface area contributed by atoms with Gasteiger partial charge in [-0.15, -0.1) is 0 Å². The minimum absolute atomic E-state index is 0.233. The van der Waals surface area contributed by atoms with Gasteiger partial charge in [0.25, 0.3) is 0 Å². The zero-order chi connectivity index (χ0) is 12.0. The van der Waals surface area contributed by atoms with E-state index in [9.17, 15) is 4.39 Å². The van der Waals surface area contributed by atoms with Crippen molar-refractivity contribution in [3.05, 3.63) is 34.1 Å². The Kier molecular flexibility index (Phi) is 5.95. The van der Waals surface area contributed by atoms with Crippen LogP contribution in [0.4, 0.5) is 4.39 Å². The number of hydrogen-bond acceptors (Lipinski definition) is 2. The third-order valence-corrected chi connectivity index (χ3v) is 3.21. The highest BCUT2D eigenvalue weighted by Gasteiger charge is 2.04. The Balaban J connectivity index is 2.29. The van der Waals surface area contributed by atoms with E-state index in [-0.39, 0.29) is 11.9 Å². The minimum atomic E-state index is -0.247. The summed E-state index contributed by atoms with van der Waals surface area (Å²) in [4.78, 5) is 0. The zero-order valence-corrected chi connectivity index (χ0v) is 10.9. The van der Waals surface area contributed by atoms with Gasteiger partial charge in [-0.1, -0.05) is 12.1 Å². The number of nitrogens with one attached hydrogen (secondary N) is 1. The molecule has 90 valence electrons. The molecule has 0 saturated carbocycles. The summed E-state index contributed by atoms with van der Waals surface area (Å²) in [5.41, 5.74) is 0.914. The lowest BCUT2D eigenvalue weighted by molar-refractivity contribution is 0.181. The Labute approximate surface area is 104 Å². The van der Waals surface area contributed by atoms with Crippen LogP contribution in [0.2, 0.25) is 0 Å². The second-order valence-electron chi connectivity index (χ2n) is 3.88. The topological polar surface area (TPSA) is 32.3 Å². The first-order chi connectivity index (χ1) is 7.61. The molecule has 4 heteroatoms. The summed E-state index contributed by atoms with van der Waals surface area (Å²) < 4.78 is 13.7. The van der Waals surface area contributed by atoms with Gasteiger partial charge < -0.3 is 10.4 Å². The molecular weight excluding hydrogens is 273 g/mol. The van der Waals surface area contributed by atoms with Crippen LogP contribution in [0.15, 0.2) is 22.7 Å². The molecule has 1 unspecified atom stereocenters. The fraction of sp³-hybridized carbons (Fsp3) is 0.500. The highest BCUT2D eigenvalue weighted by molar-refractivity contribution is 9.10. The molecule has 0 aromatic heterocycles. The van der Waals surface area contributed by atoms with Crippen LogP contribution in [0.5, 0.6) is 0 Å². The SMILES string of the molecule is CC(O)CCCNCc1cccc(F)c1Br. The lowest BCUT2D eigenvalue weighted by Crippen LogP contribution is -2.16. The van der Waals surface area contributed by atoms with Gasteiger partial charge in [0.1, 0.15) is 5.82 Å². The van der Waals surface area contributed by atoms with E-state index in [1.807, 2.05) is 6.07 Å². The fourth-order valence-corrected chi connectivity index (χ4v) is 1.84. The predicted molar refractivity (Wildman–Crippen MR) is 66.7 cm³/mol. The Bertz CT molecular complexity index is 331. The molecule has 0 heterocycles. The van der Waals surface area contributed by atoms with E-state index in [1.165, 1.54) is 6.07 Å². The summed E-state index contributed by atoms with van der Waals surface area (Å²) in [6.07, 6.45) is 1.46. The molecule has 0 radical (unpaired) electrons. The highest BCUT2D eigenvalue weighted by atomic mass is 79.9. The maximum Gasteiger partial charge on any atom is 0.137 e. The van der Waals surface area contributed by atoms with Crippen molar-refractivity contribution >= 4 is 15.9 Å². The molecule has 2 nitrogen and oxygen atoms in total. The first kappa shape index (κ1) is 13.6. The van der Waals surface area contributed by atoms with Crippen molar-refractivity contribution in [3.63, 3.8) is 0 Å². The van der Waals surface area contributed by atoms with Crippen LogP contribution in [-0.2, 0) is 6.54 Å². The summed E-state index contributed by atoms with van der Waals surface area (Å²) in [5.74, 6) is -0.233. The van der Waals surface area contributed by atoms with Gasteiger partial charge in [-0.2, -0.15) is 0 Å². The molecule has 0 amide bonds. The molecular formula is C12H17BrFNO. The Hall–Kier alpha value is -0.450. The van der Waals surface area contributed by atoms with Crippen LogP contribution in [0.25, 0.3) is 0 Å². The number of benzene rings is 1. The van der Waals surface area contributed by atoms with Crippen LogP contribution in [0.1, 0.15) is 25.3 Å². The lowest BCUT2D eigenvalue weighted by Gasteiger charge is -2.08. The number of aliphatic hydroxyl groups is 1. The number of aliphatic hydroxyl groups excluding tert-OH is 1. The minimum Gasteiger partial charge on any atom is -0.393 e. The average Bonchev–Trinajstić information content (AvgIpc) is 2.23. The Morgan fingerprint density at radius 2 is 2.25 bits per heavy atom. The molecule has 0 spiro atoms. The van der Waals surface area contributed by atoms with Crippen molar-refractivity contribution in [2.75, 3.05) is 6.54 Å². The third kappa shape index (κ3) is 4.60. The smallest absolute Gasteiger partial charge is 0.137 e. The monoisotopic (exact) mass is 289 g/mol. The second-order valence-corrected chi connectivity index (χ2v) is 4.67. The van der Waals surface area contributed by atoms with E-state index in [0.717, 1.165) is 24.9 Å². The van der Waals surface area contributed by atoms with Gasteiger partial charge >= 0.3 is 0 Å². The summed E-state index contributed by atoms with van der Waals surface area (Å²) in [5, 5.41) is 12.3. The quantitative estimate of drug-likeness (QED) is 0.790. The molecule has 0 bridgehead atoms. The highest BCUT2D eigenvalue weighted by Crippen LogP contribution is 2.19. The molecule has 0 aliphatic carbocycles. The largest absolute Gasteiger partial charge is 0.393 e. The van der Waals surface area contributed by atoms with Crippen molar-refractivity contribution in [1.29, 1.82) is 0 Å². The van der Waals surface area contributed by atoms with Crippen LogP contribution < -0.4 is 5.32 Å². The van der Waals surface area contributed by atoms with Crippen molar-refractivity contribution in [2.45, 2.75) is 32.4 Å². The van der Waals surface area contributed by atoms with Crippen LogP contribution in [-0.4, -0.2) is 17.8 Å². The van der Waals surface area contributed by atoms with Crippen LogP contribution in [0, 0.1) is 5.82 Å². The van der Waals surface area contributed by atoms with Crippen molar-refractivity contribution in [1.82, 2.24) is 5.32 Å². The molecule has 2 N–H and O–H groups in total. The molecule has 0 aliphatic heterocycles. The van der Waals surface area contributed by atoms with Gasteiger partial charge in [-0.25, -0.2) is 4.39 Å². The van der Waals surface area contributed by atoms with E-state index in [2.05, 4.69) is 21.2 Å². The molecule has 1 rings (SSSR count). The van der Waals surface area contributed by atoms with Crippen LogP contribution in [0.3, 0.4) is 0 Å². The number of rotatable bonds is 6. The van der Waals surface area contributed by atoms with E-state index in [0.29, 0.717) is 11.0 Å². The molecule has 1 aromatic rings. The van der Waals surface area contributed by atoms with Gasteiger partial charge in [-0.3, -0.25) is 0 Å². The van der Waals surface area contributed by atoms with E-state index >= 15 is 0 Å². The predicted octanol–water partition coefficient (Wildman–Crippen LogP) is 2.84. The van der Waals surface area contributed by atoms with Gasteiger partial charge in [0, 0.05) is 6.54 Å². The van der Waals surface area contributed by atoms with Crippen molar-refractivity contribution < 1.29 is 9.50 Å². The van der Waals surface area contributed by atoms with Gasteiger partial charge in [0.15, 0.2) is 0 Å². The molecule has 0 aliphatic rings. The summed E-state index contributed by atoms with van der Waals surface area (Å²) in [6.45, 7) is 3.25. The van der Waals surface area contributed by atoms with Crippen molar-refractivity contribution in [2.24, 2.45) is 0 Å². The molecule has 1 atom stereocenters. The third-order valence-electron chi connectivity index (χ3n) is 2.32. The Morgan fingerprint density at radius 3 is 2.94 bits per heavy atom. The average molecular weight is 290 g/mol. The normalized spacial score (nSPS) is 12.8. The van der Waals surface area contributed by atoms with Gasteiger partial charge in [-0.05, 0) is 53.9 Å². The summed E-state index contributed by atoms with van der Waals surface area (Å²) in [6, 6.07) is 5.02. The summed E-state index contributed by atoms with van der Waals surface area (Å²) >= 11 is 3.22. The zero-order valence-electron chi connectivity index (χ0n) is 9.34. The standard InChI is InChI=1S/C12H17BrFNO/c1-9(16)4-3-7-15-8-10-5-2-6-11(14)12(10)13/h2,5-6,9,15-16H,3-4,7-8H2,1H3. The summed E-state index contributed by atoms with van der Waals surface area (Å²) in [7, 11) is 0. The number of hydrogen-bond donors (Lipinski definition) is 2. The molecule has 0 fully saturated rings. The maximum atomic E-state index is 13.2. The first-order valence-electron chi connectivity index (χ1n) is 5.43. The molecule has 16 heavy (non-hydrogen) atoms. The fourth-order valence-electron chi connectivity index (χ4n) is 1.43. The van der Waals surface area contributed by atoms with Crippen molar-refractivity contribution in [3.8, 4) is 0 Å². The van der Waals surface area contributed by atoms with Crippen LogP contribution >= 0.6 is 15.9 Å². The first-order valence-corrected chi connectivity index (χ1v) is 6.22. The second kappa shape index (κ2) is 6.99. The van der Waals surface area contributed by atoms with E-state index in [4.69, 9.17) is 5.11 Å². The van der Waals surface area contributed by atoms with E-state index in [1.54, 1.807) is 13.0 Å². The Morgan fingerprint density at radius 1 is 1.50 bits per heavy atom. The van der Waals surface area contributed by atoms with E-state index < -0.39 is 0 Å². The molecule has 0 saturated heterocycles. The molecule has 1 aromatic carbocycles. The lowest BCUT2D eigenvalue weighted by atomic mass is 10.2. The van der Waals surface area contributed by atoms with Gasteiger partial charge in [0.2, 0.25) is 0 Å².